The Hall–Kier alpha value is -3.11. The molecule has 3 aromatic rings. The third-order valence-corrected chi connectivity index (χ3v) is 6.64. The van der Waals surface area contributed by atoms with Crippen molar-refractivity contribution >= 4 is 38.6 Å². The first-order valence-electron chi connectivity index (χ1n) is 8.84. The second-order valence-electron chi connectivity index (χ2n) is 6.30. The zero-order valence-corrected chi connectivity index (χ0v) is 18.5. The van der Waals surface area contributed by atoms with Crippen molar-refractivity contribution in [3.8, 4) is 11.5 Å². The number of nitrogens with one attached hydrogen (secondary N) is 2. The molecule has 0 aliphatic rings. The SMILES string of the molecule is COc1ccc(NS(=O)(=O)c2cc(NC(=O)c3sc(C)nc3C)ccc2OC)cc1. The van der Waals surface area contributed by atoms with Crippen LogP contribution in [-0.2, 0) is 10.0 Å². The Morgan fingerprint density at radius 1 is 1.00 bits per heavy atom. The number of sulfonamides is 1. The Morgan fingerprint density at radius 2 is 1.67 bits per heavy atom. The third kappa shape index (κ3) is 4.71. The van der Waals surface area contributed by atoms with Gasteiger partial charge in [0.1, 0.15) is 21.3 Å². The molecule has 1 amide bonds. The number of carbonyl (C=O) groups excluding carboxylic acids is 1. The van der Waals surface area contributed by atoms with Gasteiger partial charge in [-0.3, -0.25) is 9.52 Å². The van der Waals surface area contributed by atoms with Crippen LogP contribution in [0.5, 0.6) is 11.5 Å². The molecular formula is C20H21N3O5S2. The van der Waals surface area contributed by atoms with E-state index in [1.54, 1.807) is 37.3 Å². The Morgan fingerprint density at radius 3 is 2.23 bits per heavy atom. The molecule has 1 aromatic heterocycles. The molecule has 0 atom stereocenters. The van der Waals surface area contributed by atoms with Crippen LogP contribution in [-0.4, -0.2) is 33.5 Å². The summed E-state index contributed by atoms with van der Waals surface area (Å²) in [5, 5.41) is 3.50. The summed E-state index contributed by atoms with van der Waals surface area (Å²) in [5.41, 5.74) is 1.31. The number of nitrogens with zero attached hydrogens (tertiary/aromatic N) is 1. The molecule has 0 saturated heterocycles. The first-order valence-corrected chi connectivity index (χ1v) is 11.1. The number of aromatic nitrogens is 1. The zero-order valence-electron chi connectivity index (χ0n) is 16.8. The highest BCUT2D eigenvalue weighted by Gasteiger charge is 2.22. The molecular weight excluding hydrogens is 426 g/mol. The minimum absolute atomic E-state index is 0.101. The van der Waals surface area contributed by atoms with Crippen LogP contribution in [0.4, 0.5) is 11.4 Å². The lowest BCUT2D eigenvalue weighted by atomic mass is 10.3. The van der Waals surface area contributed by atoms with E-state index in [9.17, 15) is 13.2 Å². The largest absolute Gasteiger partial charge is 0.497 e. The lowest BCUT2D eigenvalue weighted by molar-refractivity contribution is 0.102. The molecule has 8 nitrogen and oxygen atoms in total. The molecule has 0 radical (unpaired) electrons. The van der Waals surface area contributed by atoms with Crippen LogP contribution in [0.25, 0.3) is 0 Å². The molecule has 10 heteroatoms. The molecule has 2 aromatic carbocycles. The van der Waals surface area contributed by atoms with Crippen LogP contribution in [0.15, 0.2) is 47.4 Å². The maximum atomic E-state index is 13.0. The summed E-state index contributed by atoms with van der Waals surface area (Å²) in [6.45, 7) is 3.57. The molecule has 1 heterocycles. The summed E-state index contributed by atoms with van der Waals surface area (Å²) in [6, 6.07) is 10.9. The quantitative estimate of drug-likeness (QED) is 0.570. The average molecular weight is 448 g/mol. The number of rotatable bonds is 7. The Balaban J connectivity index is 1.89. The molecule has 0 bridgehead atoms. The normalized spacial score (nSPS) is 11.1. The molecule has 0 aliphatic heterocycles. The predicted octanol–water partition coefficient (Wildman–Crippen LogP) is 3.83. The summed E-state index contributed by atoms with van der Waals surface area (Å²) in [5.74, 6) is 0.405. The van der Waals surface area contributed by atoms with Gasteiger partial charge in [-0.05, 0) is 56.3 Å². The number of hydrogen-bond acceptors (Lipinski definition) is 7. The van der Waals surface area contributed by atoms with Crippen molar-refractivity contribution in [2.45, 2.75) is 18.7 Å². The average Bonchev–Trinajstić information content (AvgIpc) is 3.06. The molecule has 0 unspecified atom stereocenters. The molecule has 2 N–H and O–H groups in total. The van der Waals surface area contributed by atoms with Crippen molar-refractivity contribution in [2.24, 2.45) is 0 Å². The van der Waals surface area contributed by atoms with E-state index in [1.807, 2.05) is 6.92 Å². The fourth-order valence-electron chi connectivity index (χ4n) is 2.76. The van der Waals surface area contributed by atoms with Crippen LogP contribution in [0.2, 0.25) is 0 Å². The number of methoxy groups -OCH3 is 2. The predicted molar refractivity (Wildman–Crippen MR) is 116 cm³/mol. The van der Waals surface area contributed by atoms with Crippen molar-refractivity contribution in [2.75, 3.05) is 24.3 Å². The van der Waals surface area contributed by atoms with Gasteiger partial charge < -0.3 is 14.8 Å². The minimum Gasteiger partial charge on any atom is -0.497 e. The van der Waals surface area contributed by atoms with Crippen LogP contribution >= 0.6 is 11.3 Å². The first kappa shape index (κ1) is 21.6. The molecule has 0 aliphatic carbocycles. The van der Waals surface area contributed by atoms with E-state index in [0.717, 1.165) is 5.01 Å². The van der Waals surface area contributed by atoms with Gasteiger partial charge in [-0.25, -0.2) is 13.4 Å². The fourth-order valence-corrected chi connectivity index (χ4v) is 4.83. The highest BCUT2D eigenvalue weighted by atomic mass is 32.2. The number of thiazole rings is 1. The number of aryl methyl sites for hydroxylation is 2. The van der Waals surface area contributed by atoms with E-state index >= 15 is 0 Å². The van der Waals surface area contributed by atoms with Gasteiger partial charge in [0.2, 0.25) is 0 Å². The van der Waals surface area contributed by atoms with Crippen molar-refractivity contribution < 1.29 is 22.7 Å². The Bertz CT molecular complexity index is 1170. The number of ether oxygens (including phenoxy) is 2. The van der Waals surface area contributed by atoms with Gasteiger partial charge in [-0.2, -0.15) is 0 Å². The van der Waals surface area contributed by atoms with E-state index in [4.69, 9.17) is 9.47 Å². The van der Waals surface area contributed by atoms with Crippen molar-refractivity contribution in [3.05, 3.63) is 58.0 Å². The van der Waals surface area contributed by atoms with E-state index < -0.39 is 10.0 Å². The van der Waals surface area contributed by atoms with Crippen LogP contribution in [0.3, 0.4) is 0 Å². The van der Waals surface area contributed by atoms with Gasteiger partial charge in [-0.1, -0.05) is 0 Å². The molecule has 0 saturated carbocycles. The third-order valence-electron chi connectivity index (χ3n) is 4.16. The van der Waals surface area contributed by atoms with Crippen LogP contribution in [0.1, 0.15) is 20.4 Å². The second-order valence-corrected chi connectivity index (χ2v) is 9.16. The molecule has 158 valence electrons. The summed E-state index contributed by atoms with van der Waals surface area (Å²) in [6.07, 6.45) is 0. The molecule has 30 heavy (non-hydrogen) atoms. The second kappa shape index (κ2) is 8.72. The lowest BCUT2D eigenvalue weighted by Crippen LogP contribution is -2.16. The fraction of sp³-hybridized carbons (Fsp3) is 0.200. The smallest absolute Gasteiger partial charge is 0.267 e. The molecule has 0 spiro atoms. The lowest BCUT2D eigenvalue weighted by Gasteiger charge is -2.14. The topological polar surface area (TPSA) is 107 Å². The van der Waals surface area contributed by atoms with Crippen LogP contribution in [0, 0.1) is 13.8 Å². The summed E-state index contributed by atoms with van der Waals surface area (Å²) in [4.78, 5) is 17.2. The van der Waals surface area contributed by atoms with Crippen molar-refractivity contribution in [1.29, 1.82) is 0 Å². The van der Waals surface area contributed by atoms with Gasteiger partial charge in [0.25, 0.3) is 15.9 Å². The highest BCUT2D eigenvalue weighted by Crippen LogP contribution is 2.30. The number of anilines is 2. The Labute approximate surface area is 178 Å². The standard InChI is InChI=1S/C20H21N3O5S2/c1-12-19(29-13(2)21-12)20(24)22-15-7-10-17(28-4)18(11-15)30(25,26)23-14-5-8-16(27-3)9-6-14/h5-11,23H,1-4H3,(H,22,24). The van der Waals surface area contributed by atoms with Crippen molar-refractivity contribution in [3.63, 3.8) is 0 Å². The minimum atomic E-state index is -3.98. The van der Waals surface area contributed by atoms with Gasteiger partial charge in [-0.15, -0.1) is 11.3 Å². The maximum absolute atomic E-state index is 13.0. The van der Waals surface area contributed by atoms with Crippen LogP contribution < -0.4 is 19.5 Å². The van der Waals surface area contributed by atoms with Gasteiger partial charge in [0.05, 0.1) is 24.9 Å². The van der Waals surface area contributed by atoms with Crippen molar-refractivity contribution in [1.82, 2.24) is 4.98 Å². The first-order chi connectivity index (χ1) is 14.2. The van der Waals surface area contributed by atoms with E-state index in [-0.39, 0.29) is 16.6 Å². The number of hydrogen-bond donors (Lipinski definition) is 2. The monoisotopic (exact) mass is 447 g/mol. The van der Waals surface area contributed by atoms with E-state index in [2.05, 4.69) is 15.0 Å². The van der Waals surface area contributed by atoms with E-state index in [0.29, 0.717) is 27.7 Å². The summed E-state index contributed by atoms with van der Waals surface area (Å²) in [7, 11) is -1.07. The number of benzene rings is 2. The van der Waals surface area contributed by atoms with Gasteiger partial charge in [0.15, 0.2) is 0 Å². The summed E-state index contributed by atoms with van der Waals surface area (Å²) < 4.78 is 38.7. The number of carbonyl (C=O) groups is 1. The number of amides is 1. The van der Waals surface area contributed by atoms with E-state index in [1.165, 1.54) is 37.7 Å². The maximum Gasteiger partial charge on any atom is 0.267 e. The Kier molecular flexibility index (Phi) is 6.28. The highest BCUT2D eigenvalue weighted by molar-refractivity contribution is 7.92. The molecule has 3 rings (SSSR count). The van der Waals surface area contributed by atoms with Gasteiger partial charge in [0, 0.05) is 11.4 Å². The van der Waals surface area contributed by atoms with Gasteiger partial charge >= 0.3 is 0 Å². The summed E-state index contributed by atoms with van der Waals surface area (Å²) >= 11 is 1.28. The molecule has 0 fully saturated rings. The zero-order chi connectivity index (χ0) is 21.9.